The van der Waals surface area contributed by atoms with Crippen molar-refractivity contribution in [3.05, 3.63) is 70.8 Å². The molecule has 0 amide bonds. The van der Waals surface area contributed by atoms with Crippen LogP contribution < -0.4 is 0 Å². The van der Waals surface area contributed by atoms with Gasteiger partial charge in [-0.2, -0.15) is 0 Å². The van der Waals surface area contributed by atoms with Gasteiger partial charge in [0.2, 0.25) is 0 Å². The Morgan fingerprint density at radius 2 is 1.30 bits per heavy atom. The van der Waals surface area contributed by atoms with Gasteiger partial charge in [-0.1, -0.05) is 48.5 Å². The fourth-order valence-electron chi connectivity index (χ4n) is 4.98. The van der Waals surface area contributed by atoms with Crippen LogP contribution in [0.5, 0.6) is 0 Å². The first kappa shape index (κ1) is 23.6. The number of benzene rings is 2. The first-order valence-electron chi connectivity index (χ1n) is 9.17. The minimum absolute atomic E-state index is 0. The zero-order valence-corrected chi connectivity index (χ0v) is 16.9. The molecule has 3 aliphatic heterocycles. The monoisotopic (exact) mass is 393 g/mol. The molecule has 3 saturated heterocycles. The van der Waals surface area contributed by atoms with Gasteiger partial charge in [-0.25, -0.2) is 0 Å². The summed E-state index contributed by atoms with van der Waals surface area (Å²) in [4.78, 5) is 2.53. The van der Waals surface area contributed by atoms with Crippen molar-refractivity contribution < 1.29 is 16.1 Å². The Hall–Kier alpha value is -1.43. The van der Waals surface area contributed by atoms with Crippen LogP contribution in [0.2, 0.25) is 0 Å². The van der Waals surface area contributed by atoms with E-state index < -0.39 is 5.60 Å². The summed E-state index contributed by atoms with van der Waals surface area (Å²) in [5, 5.41) is 12.2. The van der Waals surface area contributed by atoms with Crippen LogP contribution in [0.4, 0.5) is 0 Å². The summed E-state index contributed by atoms with van der Waals surface area (Å²) >= 11 is 0. The summed E-state index contributed by atoms with van der Waals surface area (Å²) < 4.78 is 0. The summed E-state index contributed by atoms with van der Waals surface area (Å²) in [6.07, 6.45) is 2.43. The predicted molar refractivity (Wildman–Crippen MR) is 112 cm³/mol. The Kier molecular flexibility index (Phi) is 8.02. The SMILES string of the molecule is Cc1ccccc1C(O)(c1ccccc1C)C1CN2CCC1CC2.Cl.O.O. The molecule has 2 aromatic rings. The number of fused-ring (bicyclic) bond motifs is 3. The topological polar surface area (TPSA) is 86.5 Å². The van der Waals surface area contributed by atoms with Gasteiger partial charge in [-0.3, -0.25) is 0 Å². The van der Waals surface area contributed by atoms with Crippen LogP contribution in [-0.2, 0) is 5.60 Å². The van der Waals surface area contributed by atoms with Gasteiger partial charge >= 0.3 is 0 Å². The van der Waals surface area contributed by atoms with Crippen molar-refractivity contribution in [1.82, 2.24) is 4.90 Å². The van der Waals surface area contributed by atoms with Crippen molar-refractivity contribution in [1.29, 1.82) is 0 Å². The van der Waals surface area contributed by atoms with Crippen molar-refractivity contribution in [3.63, 3.8) is 0 Å². The van der Waals surface area contributed by atoms with E-state index in [-0.39, 0.29) is 29.3 Å². The highest BCUT2D eigenvalue weighted by Gasteiger charge is 2.49. The summed E-state index contributed by atoms with van der Waals surface area (Å²) in [7, 11) is 0. The van der Waals surface area contributed by atoms with Crippen LogP contribution in [0.25, 0.3) is 0 Å². The lowest BCUT2D eigenvalue weighted by Crippen LogP contribution is -2.55. The highest BCUT2D eigenvalue weighted by Crippen LogP contribution is 2.48. The lowest BCUT2D eigenvalue weighted by Gasteiger charge is -2.52. The van der Waals surface area contributed by atoms with Crippen molar-refractivity contribution in [2.75, 3.05) is 19.6 Å². The molecular formula is C22H32ClNO3. The average Bonchev–Trinajstić information content (AvgIpc) is 2.63. The Morgan fingerprint density at radius 3 is 1.67 bits per heavy atom. The molecule has 0 spiro atoms. The zero-order chi connectivity index (χ0) is 16.7. The predicted octanol–water partition coefficient (Wildman–Crippen LogP) is 2.65. The lowest BCUT2D eigenvalue weighted by atomic mass is 9.64. The third-order valence-corrected chi connectivity index (χ3v) is 6.30. The van der Waals surface area contributed by atoms with E-state index >= 15 is 0 Å². The maximum absolute atomic E-state index is 12.2. The molecule has 4 nitrogen and oxygen atoms in total. The molecule has 5 rings (SSSR count). The minimum Gasteiger partial charge on any atom is -0.412 e. The van der Waals surface area contributed by atoms with E-state index in [1.165, 1.54) is 37.1 Å². The number of rotatable bonds is 3. The van der Waals surface area contributed by atoms with Crippen LogP contribution in [0.1, 0.15) is 35.1 Å². The van der Waals surface area contributed by atoms with E-state index in [1.54, 1.807) is 0 Å². The molecule has 5 N–H and O–H groups in total. The maximum Gasteiger partial charge on any atom is 0.119 e. The number of piperidine rings is 3. The Balaban J connectivity index is 0.00000121. The van der Waals surface area contributed by atoms with E-state index in [1.807, 2.05) is 0 Å². The van der Waals surface area contributed by atoms with E-state index in [4.69, 9.17) is 0 Å². The summed E-state index contributed by atoms with van der Waals surface area (Å²) in [5.41, 5.74) is 3.62. The van der Waals surface area contributed by atoms with E-state index in [0.717, 1.165) is 17.7 Å². The van der Waals surface area contributed by atoms with Crippen molar-refractivity contribution in [3.8, 4) is 0 Å². The molecule has 5 heteroatoms. The number of hydrogen-bond donors (Lipinski definition) is 1. The fourth-order valence-corrected chi connectivity index (χ4v) is 4.98. The molecule has 0 saturated carbocycles. The molecular weight excluding hydrogens is 362 g/mol. The molecule has 1 unspecified atom stereocenters. The van der Waals surface area contributed by atoms with Crippen LogP contribution in [0.15, 0.2) is 48.5 Å². The molecule has 0 radical (unpaired) electrons. The van der Waals surface area contributed by atoms with Gasteiger partial charge in [-0.15, -0.1) is 12.4 Å². The van der Waals surface area contributed by atoms with Gasteiger partial charge in [0.25, 0.3) is 0 Å². The molecule has 0 aliphatic carbocycles. The third kappa shape index (κ3) is 3.91. The summed E-state index contributed by atoms with van der Waals surface area (Å²) in [6, 6.07) is 16.7. The normalized spacial score (nSPS) is 23.6. The van der Waals surface area contributed by atoms with E-state index in [9.17, 15) is 5.11 Å². The Morgan fingerprint density at radius 1 is 0.852 bits per heavy atom. The summed E-state index contributed by atoms with van der Waals surface area (Å²) in [5.74, 6) is 0.876. The molecule has 2 bridgehead atoms. The second kappa shape index (κ2) is 9.18. The van der Waals surface area contributed by atoms with E-state index in [0.29, 0.717) is 5.92 Å². The Labute approximate surface area is 168 Å². The molecule has 27 heavy (non-hydrogen) atoms. The second-order valence-corrected chi connectivity index (χ2v) is 7.64. The van der Waals surface area contributed by atoms with Gasteiger partial charge in [0.15, 0.2) is 0 Å². The van der Waals surface area contributed by atoms with Crippen molar-refractivity contribution in [2.45, 2.75) is 32.3 Å². The number of aliphatic hydroxyl groups is 1. The van der Waals surface area contributed by atoms with Crippen LogP contribution in [-0.4, -0.2) is 40.6 Å². The molecule has 2 aromatic carbocycles. The van der Waals surface area contributed by atoms with Crippen molar-refractivity contribution >= 4 is 12.4 Å². The standard InChI is InChI=1S/C22H27NO.ClH.2H2O/c1-16-7-3-5-9-19(16)22(24,20-10-6-4-8-17(20)2)21-15-23-13-11-18(21)12-14-23;;;/h3-10,18,21,24H,11-15H2,1-2H3;1H;2*1H2. The van der Waals surface area contributed by atoms with Crippen molar-refractivity contribution in [2.24, 2.45) is 11.8 Å². The largest absolute Gasteiger partial charge is 0.412 e. The molecule has 3 fully saturated rings. The highest BCUT2D eigenvalue weighted by atomic mass is 35.5. The maximum atomic E-state index is 12.2. The quantitative estimate of drug-likeness (QED) is 0.868. The Bertz CT molecular complexity index is 698. The second-order valence-electron chi connectivity index (χ2n) is 7.64. The fraction of sp³-hybridized carbons (Fsp3) is 0.455. The first-order valence-corrected chi connectivity index (χ1v) is 9.17. The molecule has 3 aliphatic rings. The molecule has 0 aromatic heterocycles. The minimum atomic E-state index is -0.902. The molecule has 150 valence electrons. The first-order chi connectivity index (χ1) is 11.6. The van der Waals surface area contributed by atoms with E-state index in [2.05, 4.69) is 67.3 Å². The van der Waals surface area contributed by atoms with Crippen LogP contribution in [0, 0.1) is 25.7 Å². The van der Waals surface area contributed by atoms with Gasteiger partial charge in [0.1, 0.15) is 5.60 Å². The molecule has 1 atom stereocenters. The smallest absolute Gasteiger partial charge is 0.119 e. The van der Waals surface area contributed by atoms with Gasteiger partial charge in [0, 0.05) is 12.5 Å². The number of nitrogens with zero attached hydrogens (tertiary/aromatic N) is 1. The summed E-state index contributed by atoms with van der Waals surface area (Å²) in [6.45, 7) is 7.64. The highest BCUT2D eigenvalue weighted by molar-refractivity contribution is 5.85. The van der Waals surface area contributed by atoms with Gasteiger partial charge in [-0.05, 0) is 68.0 Å². The van der Waals surface area contributed by atoms with Gasteiger partial charge < -0.3 is 21.0 Å². The average molecular weight is 394 g/mol. The van der Waals surface area contributed by atoms with Crippen LogP contribution in [0.3, 0.4) is 0 Å². The number of aryl methyl sites for hydroxylation is 2. The number of halogens is 1. The lowest BCUT2D eigenvalue weighted by molar-refractivity contribution is -0.0770. The van der Waals surface area contributed by atoms with Crippen LogP contribution >= 0.6 is 12.4 Å². The zero-order valence-electron chi connectivity index (χ0n) is 16.1. The number of hydrogen-bond acceptors (Lipinski definition) is 2. The van der Waals surface area contributed by atoms with Gasteiger partial charge in [0.05, 0.1) is 0 Å². The third-order valence-electron chi connectivity index (χ3n) is 6.30. The molecule has 3 heterocycles.